The van der Waals surface area contributed by atoms with Crippen molar-refractivity contribution in [1.29, 1.82) is 0 Å². The number of carbonyl (C=O) groups is 3. The number of hydrogen-bond acceptors (Lipinski definition) is 6. The van der Waals surface area contributed by atoms with Crippen LogP contribution in [-0.2, 0) is 15.1 Å². The SMILES string of the molecule is O=C(OC1(C(=O)NC2CCCCC2)C(=O)c2cccc3cccc1c23)c1ccc([N+](=O)[O-])cc1. The van der Waals surface area contributed by atoms with E-state index in [1.165, 1.54) is 24.3 Å². The molecule has 1 saturated carbocycles. The molecule has 34 heavy (non-hydrogen) atoms. The highest BCUT2D eigenvalue weighted by Crippen LogP contribution is 2.44. The van der Waals surface area contributed by atoms with Crippen molar-refractivity contribution in [3.05, 3.63) is 87.5 Å². The summed E-state index contributed by atoms with van der Waals surface area (Å²) >= 11 is 0. The molecule has 3 aromatic rings. The summed E-state index contributed by atoms with van der Waals surface area (Å²) in [6.07, 6.45) is 4.64. The van der Waals surface area contributed by atoms with Crippen molar-refractivity contribution in [2.75, 3.05) is 0 Å². The molecule has 0 aliphatic heterocycles. The maximum Gasteiger partial charge on any atom is 0.340 e. The van der Waals surface area contributed by atoms with E-state index in [4.69, 9.17) is 4.74 Å². The molecule has 172 valence electrons. The summed E-state index contributed by atoms with van der Waals surface area (Å²) < 4.78 is 5.80. The fourth-order valence-corrected chi connectivity index (χ4v) is 4.96. The molecule has 3 aromatic carbocycles. The molecule has 1 fully saturated rings. The van der Waals surface area contributed by atoms with E-state index in [0.29, 0.717) is 16.5 Å². The zero-order chi connectivity index (χ0) is 23.9. The molecule has 8 heteroatoms. The average Bonchev–Trinajstić information content (AvgIpc) is 3.10. The molecular formula is C26H22N2O6. The number of hydrogen-bond donors (Lipinski definition) is 1. The molecule has 1 atom stereocenters. The number of rotatable bonds is 5. The number of nitro benzene ring substituents is 1. The van der Waals surface area contributed by atoms with E-state index in [-0.39, 0.29) is 17.3 Å². The smallest absolute Gasteiger partial charge is 0.340 e. The number of carbonyl (C=O) groups excluding carboxylic acids is 3. The first-order valence-corrected chi connectivity index (χ1v) is 11.3. The lowest BCUT2D eigenvalue weighted by atomic mass is 9.89. The number of benzene rings is 3. The lowest BCUT2D eigenvalue weighted by molar-refractivity contribution is -0.384. The van der Waals surface area contributed by atoms with Crippen molar-refractivity contribution in [1.82, 2.24) is 5.32 Å². The van der Waals surface area contributed by atoms with Gasteiger partial charge in [0, 0.05) is 34.7 Å². The normalized spacial score (nSPS) is 19.7. The number of nitrogens with one attached hydrogen (secondary N) is 1. The standard InChI is InChI=1S/C26H22N2O6/c29-23-20-10-4-6-16-7-5-11-21(22(16)20)26(23,25(31)27-18-8-2-1-3-9-18)34-24(30)17-12-14-19(15-13-17)28(32)33/h4-7,10-15,18H,1-3,8-9H2,(H,27,31). The first-order valence-electron chi connectivity index (χ1n) is 11.3. The van der Waals surface area contributed by atoms with Crippen LogP contribution in [0.2, 0.25) is 0 Å². The van der Waals surface area contributed by atoms with Crippen LogP contribution in [0.25, 0.3) is 10.8 Å². The van der Waals surface area contributed by atoms with Gasteiger partial charge in [-0.2, -0.15) is 0 Å². The van der Waals surface area contributed by atoms with Crippen molar-refractivity contribution < 1.29 is 24.0 Å². The second-order valence-corrected chi connectivity index (χ2v) is 8.72. The third-order valence-electron chi connectivity index (χ3n) is 6.67. The third-order valence-corrected chi connectivity index (χ3v) is 6.67. The minimum absolute atomic E-state index is 0.00590. The fourth-order valence-electron chi connectivity index (χ4n) is 4.96. The fraction of sp³-hybridized carbons (Fsp3) is 0.269. The summed E-state index contributed by atoms with van der Waals surface area (Å²) in [6.45, 7) is 0. The second-order valence-electron chi connectivity index (χ2n) is 8.72. The van der Waals surface area contributed by atoms with Gasteiger partial charge in [0.15, 0.2) is 0 Å². The van der Waals surface area contributed by atoms with Gasteiger partial charge in [-0.1, -0.05) is 55.7 Å². The summed E-state index contributed by atoms with van der Waals surface area (Å²) in [5.41, 5.74) is -1.70. The molecule has 2 aliphatic rings. The Bertz CT molecular complexity index is 1320. The van der Waals surface area contributed by atoms with Gasteiger partial charge in [0.1, 0.15) is 0 Å². The molecule has 0 radical (unpaired) electrons. The molecule has 1 unspecified atom stereocenters. The molecule has 0 aromatic heterocycles. The monoisotopic (exact) mass is 458 g/mol. The average molecular weight is 458 g/mol. The van der Waals surface area contributed by atoms with Crippen LogP contribution in [0.15, 0.2) is 60.7 Å². The van der Waals surface area contributed by atoms with E-state index in [2.05, 4.69) is 5.32 Å². The van der Waals surface area contributed by atoms with Crippen molar-refractivity contribution >= 4 is 34.1 Å². The zero-order valence-corrected chi connectivity index (χ0v) is 18.3. The number of nitrogens with zero attached hydrogens (tertiary/aromatic N) is 1. The van der Waals surface area contributed by atoms with Crippen LogP contribution in [0.3, 0.4) is 0 Å². The number of Topliss-reactive ketones (excluding diaryl/α,β-unsaturated/α-hetero) is 1. The van der Waals surface area contributed by atoms with Crippen LogP contribution in [0, 0.1) is 10.1 Å². The van der Waals surface area contributed by atoms with Crippen molar-refractivity contribution in [3.8, 4) is 0 Å². The Labute approximate surface area is 195 Å². The van der Waals surface area contributed by atoms with E-state index >= 15 is 0 Å². The molecule has 0 saturated heterocycles. The van der Waals surface area contributed by atoms with Gasteiger partial charge in [-0.25, -0.2) is 4.79 Å². The van der Waals surface area contributed by atoms with Crippen LogP contribution >= 0.6 is 0 Å². The van der Waals surface area contributed by atoms with Crippen LogP contribution < -0.4 is 5.32 Å². The summed E-state index contributed by atoms with van der Waals surface area (Å²) in [6, 6.07) is 15.1. The topological polar surface area (TPSA) is 116 Å². The Morgan fingerprint density at radius 2 is 1.65 bits per heavy atom. The third kappa shape index (κ3) is 3.42. The Balaban J connectivity index is 1.58. The lowest BCUT2D eigenvalue weighted by Crippen LogP contribution is -2.54. The largest absolute Gasteiger partial charge is 0.432 e. The molecule has 2 aliphatic carbocycles. The molecule has 1 N–H and O–H groups in total. The predicted octanol–water partition coefficient (Wildman–Crippen LogP) is 4.45. The number of ether oxygens (including phenoxy) is 1. The minimum Gasteiger partial charge on any atom is -0.432 e. The van der Waals surface area contributed by atoms with Crippen LogP contribution in [0.5, 0.6) is 0 Å². The van der Waals surface area contributed by atoms with Gasteiger partial charge >= 0.3 is 5.97 Å². The highest BCUT2D eigenvalue weighted by molar-refractivity contribution is 6.29. The van der Waals surface area contributed by atoms with Gasteiger partial charge in [-0.05, 0) is 30.4 Å². The molecule has 8 nitrogen and oxygen atoms in total. The Kier molecular flexibility index (Phi) is 5.36. The number of non-ortho nitro benzene ring substituents is 1. The highest BCUT2D eigenvalue weighted by atomic mass is 16.6. The Morgan fingerprint density at radius 3 is 2.32 bits per heavy atom. The first-order chi connectivity index (χ1) is 16.4. The highest BCUT2D eigenvalue weighted by Gasteiger charge is 2.57. The van der Waals surface area contributed by atoms with Crippen LogP contribution in [0.4, 0.5) is 5.69 Å². The summed E-state index contributed by atoms with van der Waals surface area (Å²) in [5.74, 6) is -2.17. The van der Waals surface area contributed by atoms with Gasteiger partial charge < -0.3 is 10.1 Å². The van der Waals surface area contributed by atoms with E-state index in [1.807, 2.05) is 12.1 Å². The Hall–Kier alpha value is -4.07. The lowest BCUT2D eigenvalue weighted by Gasteiger charge is -2.31. The first kappa shape index (κ1) is 21.8. The molecular weight excluding hydrogens is 436 g/mol. The summed E-state index contributed by atoms with van der Waals surface area (Å²) in [7, 11) is 0. The van der Waals surface area contributed by atoms with Gasteiger partial charge in [-0.3, -0.25) is 19.7 Å². The minimum atomic E-state index is -2.17. The number of amides is 1. The predicted molar refractivity (Wildman–Crippen MR) is 123 cm³/mol. The number of esters is 1. The quantitative estimate of drug-likeness (QED) is 0.261. The molecule has 1 amide bonds. The Morgan fingerprint density at radius 1 is 0.971 bits per heavy atom. The van der Waals surface area contributed by atoms with Crippen molar-refractivity contribution in [3.63, 3.8) is 0 Å². The van der Waals surface area contributed by atoms with Gasteiger partial charge in [0.2, 0.25) is 5.78 Å². The van der Waals surface area contributed by atoms with Crippen LogP contribution in [0.1, 0.15) is 58.4 Å². The zero-order valence-electron chi connectivity index (χ0n) is 18.3. The summed E-state index contributed by atoms with van der Waals surface area (Å²) in [4.78, 5) is 51.1. The molecule has 5 rings (SSSR count). The van der Waals surface area contributed by atoms with E-state index < -0.39 is 28.2 Å². The van der Waals surface area contributed by atoms with E-state index in [0.717, 1.165) is 37.5 Å². The van der Waals surface area contributed by atoms with E-state index in [9.17, 15) is 24.5 Å². The maximum atomic E-state index is 13.8. The number of nitro groups is 1. The maximum absolute atomic E-state index is 13.8. The second kappa shape index (κ2) is 8.37. The van der Waals surface area contributed by atoms with Gasteiger partial charge in [-0.15, -0.1) is 0 Å². The molecule has 0 bridgehead atoms. The van der Waals surface area contributed by atoms with Gasteiger partial charge in [0.25, 0.3) is 17.2 Å². The number of ketones is 1. The molecule has 0 spiro atoms. The summed E-state index contributed by atoms with van der Waals surface area (Å²) in [5, 5.41) is 15.3. The molecule has 0 heterocycles. The van der Waals surface area contributed by atoms with Crippen molar-refractivity contribution in [2.24, 2.45) is 0 Å². The van der Waals surface area contributed by atoms with Crippen LogP contribution in [-0.4, -0.2) is 28.6 Å². The van der Waals surface area contributed by atoms with Gasteiger partial charge in [0.05, 0.1) is 10.5 Å². The van der Waals surface area contributed by atoms with E-state index in [1.54, 1.807) is 24.3 Å². The van der Waals surface area contributed by atoms with Crippen molar-refractivity contribution in [2.45, 2.75) is 43.7 Å².